The molecule has 108 valence electrons. The highest BCUT2D eigenvalue weighted by atomic mass is 32.2. The fourth-order valence-corrected chi connectivity index (χ4v) is 2.73. The van der Waals surface area contributed by atoms with Crippen molar-refractivity contribution in [2.24, 2.45) is 5.73 Å². The standard InChI is InChI=1S/C13H22N2O3S/c1-11(2)18-8-9-19(16,17)15(3)13-7-5-4-6-12(13)10-14/h4-7,11H,8-10,14H2,1-3H3. The fourth-order valence-electron chi connectivity index (χ4n) is 1.67. The van der Waals surface area contributed by atoms with E-state index in [1.54, 1.807) is 19.2 Å². The number of rotatable bonds is 7. The van der Waals surface area contributed by atoms with Gasteiger partial charge in [-0.3, -0.25) is 4.31 Å². The van der Waals surface area contributed by atoms with Crippen molar-refractivity contribution in [1.29, 1.82) is 0 Å². The first-order chi connectivity index (χ1) is 8.88. The average molecular weight is 286 g/mol. The molecule has 1 aromatic carbocycles. The second-order valence-electron chi connectivity index (χ2n) is 4.54. The number of ether oxygens (including phenoxy) is 1. The summed E-state index contributed by atoms with van der Waals surface area (Å²) in [6.07, 6.45) is 0.0248. The van der Waals surface area contributed by atoms with Crippen LogP contribution in [0.1, 0.15) is 19.4 Å². The van der Waals surface area contributed by atoms with E-state index in [0.717, 1.165) is 5.56 Å². The van der Waals surface area contributed by atoms with Crippen LogP contribution in [0.15, 0.2) is 24.3 Å². The number of anilines is 1. The summed E-state index contributed by atoms with van der Waals surface area (Å²) >= 11 is 0. The number of hydrogen-bond donors (Lipinski definition) is 1. The van der Waals surface area contributed by atoms with E-state index < -0.39 is 10.0 Å². The molecule has 0 saturated heterocycles. The Morgan fingerprint density at radius 3 is 2.53 bits per heavy atom. The van der Waals surface area contributed by atoms with Crippen LogP contribution in [0.25, 0.3) is 0 Å². The first kappa shape index (κ1) is 15.9. The van der Waals surface area contributed by atoms with Gasteiger partial charge in [0.15, 0.2) is 0 Å². The van der Waals surface area contributed by atoms with E-state index in [0.29, 0.717) is 12.2 Å². The quantitative estimate of drug-likeness (QED) is 0.821. The number of hydrogen-bond acceptors (Lipinski definition) is 4. The van der Waals surface area contributed by atoms with Crippen molar-refractivity contribution < 1.29 is 13.2 Å². The van der Waals surface area contributed by atoms with Crippen molar-refractivity contribution in [3.63, 3.8) is 0 Å². The molecule has 6 heteroatoms. The van der Waals surface area contributed by atoms with E-state index in [9.17, 15) is 8.42 Å². The third-order valence-electron chi connectivity index (χ3n) is 2.76. The summed E-state index contributed by atoms with van der Waals surface area (Å²) in [5.41, 5.74) is 7.05. The van der Waals surface area contributed by atoms with Crippen molar-refractivity contribution in [3.8, 4) is 0 Å². The van der Waals surface area contributed by atoms with E-state index in [2.05, 4.69) is 0 Å². The predicted octanol–water partition coefficient (Wildman–Crippen LogP) is 1.34. The smallest absolute Gasteiger partial charge is 0.237 e. The lowest BCUT2D eigenvalue weighted by atomic mass is 10.2. The molecular formula is C13H22N2O3S. The second-order valence-corrected chi connectivity index (χ2v) is 6.66. The number of nitrogens with zero attached hydrogens (tertiary/aromatic N) is 1. The van der Waals surface area contributed by atoms with Crippen LogP contribution in [0.3, 0.4) is 0 Å². The van der Waals surface area contributed by atoms with Gasteiger partial charge in [-0.15, -0.1) is 0 Å². The van der Waals surface area contributed by atoms with Crippen LogP contribution in [-0.2, 0) is 21.3 Å². The van der Waals surface area contributed by atoms with E-state index in [1.165, 1.54) is 4.31 Å². The molecular weight excluding hydrogens is 264 g/mol. The molecule has 1 aromatic rings. The minimum atomic E-state index is -3.39. The Morgan fingerprint density at radius 2 is 1.95 bits per heavy atom. The lowest BCUT2D eigenvalue weighted by Crippen LogP contribution is -2.32. The van der Waals surface area contributed by atoms with Crippen LogP contribution < -0.4 is 10.0 Å². The molecule has 0 fully saturated rings. The van der Waals surface area contributed by atoms with Crippen molar-refractivity contribution in [3.05, 3.63) is 29.8 Å². The van der Waals surface area contributed by atoms with Crippen LogP contribution in [0.4, 0.5) is 5.69 Å². The van der Waals surface area contributed by atoms with Crippen LogP contribution in [0, 0.1) is 0 Å². The van der Waals surface area contributed by atoms with Gasteiger partial charge in [-0.05, 0) is 25.5 Å². The van der Waals surface area contributed by atoms with Crippen LogP contribution >= 0.6 is 0 Å². The maximum Gasteiger partial charge on any atom is 0.237 e. The summed E-state index contributed by atoms with van der Waals surface area (Å²) in [7, 11) is -1.85. The van der Waals surface area contributed by atoms with Gasteiger partial charge in [-0.25, -0.2) is 8.42 Å². The summed E-state index contributed by atoms with van der Waals surface area (Å²) < 4.78 is 30.9. The molecule has 0 heterocycles. The Kier molecular flexibility index (Phi) is 5.78. The van der Waals surface area contributed by atoms with Crippen molar-refractivity contribution in [2.45, 2.75) is 26.5 Å². The second kappa shape index (κ2) is 6.88. The first-order valence-corrected chi connectivity index (χ1v) is 7.85. The van der Waals surface area contributed by atoms with E-state index in [1.807, 2.05) is 26.0 Å². The highest BCUT2D eigenvalue weighted by molar-refractivity contribution is 7.92. The van der Waals surface area contributed by atoms with Crippen molar-refractivity contribution in [1.82, 2.24) is 0 Å². The predicted molar refractivity (Wildman–Crippen MR) is 77.6 cm³/mol. The fraction of sp³-hybridized carbons (Fsp3) is 0.538. The van der Waals surface area contributed by atoms with Crippen molar-refractivity contribution in [2.75, 3.05) is 23.7 Å². The molecule has 0 radical (unpaired) electrons. The number of benzene rings is 1. The summed E-state index contributed by atoms with van der Waals surface area (Å²) in [5.74, 6) is -0.0411. The molecule has 0 saturated carbocycles. The SMILES string of the molecule is CC(C)OCCS(=O)(=O)N(C)c1ccccc1CN. The van der Waals surface area contributed by atoms with Gasteiger partial charge in [-0.1, -0.05) is 18.2 Å². The molecule has 0 aliphatic carbocycles. The largest absolute Gasteiger partial charge is 0.378 e. The molecule has 0 amide bonds. The number of para-hydroxylation sites is 1. The minimum absolute atomic E-state index is 0.0248. The van der Waals surface area contributed by atoms with Crippen LogP contribution in [0.2, 0.25) is 0 Å². The summed E-state index contributed by atoms with van der Waals surface area (Å²) in [6.45, 7) is 4.24. The molecule has 0 atom stereocenters. The van der Waals surface area contributed by atoms with Gasteiger partial charge in [0, 0.05) is 13.6 Å². The van der Waals surface area contributed by atoms with Crippen molar-refractivity contribution >= 4 is 15.7 Å². The van der Waals surface area contributed by atoms with Gasteiger partial charge in [0.05, 0.1) is 24.2 Å². The van der Waals surface area contributed by atoms with Gasteiger partial charge in [0.2, 0.25) is 10.0 Å². The molecule has 0 unspecified atom stereocenters. The summed E-state index contributed by atoms with van der Waals surface area (Å²) in [4.78, 5) is 0. The third kappa shape index (κ3) is 4.49. The molecule has 2 N–H and O–H groups in total. The third-order valence-corrected chi connectivity index (χ3v) is 4.47. The Balaban J connectivity index is 2.83. The van der Waals surface area contributed by atoms with E-state index in [4.69, 9.17) is 10.5 Å². The maximum atomic E-state index is 12.2. The molecule has 0 aliphatic heterocycles. The molecule has 1 rings (SSSR count). The summed E-state index contributed by atoms with van der Waals surface area (Å²) in [5, 5.41) is 0. The molecule has 5 nitrogen and oxygen atoms in total. The molecule has 0 spiro atoms. The minimum Gasteiger partial charge on any atom is -0.378 e. The highest BCUT2D eigenvalue weighted by Crippen LogP contribution is 2.21. The molecule has 0 bridgehead atoms. The van der Waals surface area contributed by atoms with E-state index >= 15 is 0 Å². The Bertz CT molecular complexity index is 500. The van der Waals surface area contributed by atoms with Gasteiger partial charge < -0.3 is 10.5 Å². The van der Waals surface area contributed by atoms with Gasteiger partial charge in [0.25, 0.3) is 0 Å². The zero-order chi connectivity index (χ0) is 14.5. The van der Waals surface area contributed by atoms with Crippen LogP contribution in [-0.4, -0.2) is 33.9 Å². The molecule has 19 heavy (non-hydrogen) atoms. The van der Waals surface area contributed by atoms with Gasteiger partial charge in [0.1, 0.15) is 0 Å². The number of nitrogens with two attached hydrogens (primary N) is 1. The maximum absolute atomic E-state index is 12.2. The number of sulfonamides is 1. The lowest BCUT2D eigenvalue weighted by molar-refractivity contribution is 0.0912. The Labute approximate surface area is 115 Å². The lowest BCUT2D eigenvalue weighted by Gasteiger charge is -2.22. The topological polar surface area (TPSA) is 72.6 Å². The van der Waals surface area contributed by atoms with E-state index in [-0.39, 0.29) is 18.5 Å². The Morgan fingerprint density at radius 1 is 1.32 bits per heavy atom. The van der Waals surface area contributed by atoms with Gasteiger partial charge >= 0.3 is 0 Å². The Hall–Kier alpha value is -1.11. The zero-order valence-electron chi connectivity index (χ0n) is 11.7. The monoisotopic (exact) mass is 286 g/mol. The first-order valence-electron chi connectivity index (χ1n) is 6.24. The molecule has 0 aromatic heterocycles. The normalized spacial score (nSPS) is 11.8. The average Bonchev–Trinajstić information content (AvgIpc) is 2.37. The zero-order valence-corrected chi connectivity index (χ0v) is 12.5. The van der Waals surface area contributed by atoms with Crippen LogP contribution in [0.5, 0.6) is 0 Å². The summed E-state index contributed by atoms with van der Waals surface area (Å²) in [6, 6.07) is 7.22. The molecule has 0 aliphatic rings. The van der Waals surface area contributed by atoms with Gasteiger partial charge in [-0.2, -0.15) is 0 Å². The highest BCUT2D eigenvalue weighted by Gasteiger charge is 2.20.